The van der Waals surface area contributed by atoms with Crippen LogP contribution >= 0.6 is 58.0 Å². The van der Waals surface area contributed by atoms with Crippen molar-refractivity contribution in [3.63, 3.8) is 0 Å². The number of alkyl halides is 4. The highest BCUT2D eigenvalue weighted by atomic mass is 35.5. The molecule has 39 heavy (non-hydrogen) atoms. The molecule has 3 aromatic rings. The molecule has 4 rings (SSSR count). The fraction of sp³-hybridized carbons (Fsp3) is 0.192. The van der Waals surface area contributed by atoms with Crippen molar-refractivity contribution >= 4 is 92.8 Å². The summed E-state index contributed by atoms with van der Waals surface area (Å²) in [6.07, 6.45) is -3.16. The largest absolute Gasteiger partial charge is 0.326 e. The summed E-state index contributed by atoms with van der Waals surface area (Å²) in [5, 5.41) is 8.24. The second-order valence-electron chi connectivity index (χ2n) is 8.76. The molecule has 3 aromatic carbocycles. The van der Waals surface area contributed by atoms with Crippen LogP contribution in [0.5, 0.6) is 0 Å². The molecule has 1 saturated carbocycles. The molecule has 2 atom stereocenters. The van der Waals surface area contributed by atoms with E-state index in [0.717, 1.165) is 0 Å². The van der Waals surface area contributed by atoms with Gasteiger partial charge in [0.05, 0.1) is 26.5 Å². The Bertz CT molecular complexity index is 1490. The minimum Gasteiger partial charge on any atom is -0.326 e. The average Bonchev–Trinajstić information content (AvgIpc) is 3.45. The van der Waals surface area contributed by atoms with E-state index in [4.69, 9.17) is 58.0 Å². The van der Waals surface area contributed by atoms with Gasteiger partial charge in [-0.05, 0) is 66.6 Å². The van der Waals surface area contributed by atoms with E-state index in [9.17, 15) is 23.2 Å². The molecule has 0 radical (unpaired) electrons. The first kappa shape index (κ1) is 29.4. The minimum atomic E-state index is -3.16. The SMILES string of the molecule is Cc1cc(NC(=O)C(F)F)ccc1NC(=O)c1cc(NC(=O)C2C(c3ccc(Cl)c(Cl)c3)C2(Cl)Cl)ccc1Cl. The summed E-state index contributed by atoms with van der Waals surface area (Å²) in [4.78, 5) is 37.2. The molecule has 0 saturated heterocycles. The summed E-state index contributed by atoms with van der Waals surface area (Å²) in [5.74, 6) is -3.82. The summed E-state index contributed by atoms with van der Waals surface area (Å²) < 4.78 is 23.6. The topological polar surface area (TPSA) is 87.3 Å². The third-order valence-electron chi connectivity index (χ3n) is 6.06. The first-order chi connectivity index (χ1) is 18.3. The number of aryl methyl sites for hydroxylation is 1. The molecule has 3 amide bonds. The molecular weight excluding hydrogens is 618 g/mol. The van der Waals surface area contributed by atoms with Gasteiger partial charge >= 0.3 is 6.43 Å². The maximum absolute atomic E-state index is 13.0. The predicted molar refractivity (Wildman–Crippen MR) is 151 cm³/mol. The van der Waals surface area contributed by atoms with Gasteiger partial charge in [-0.15, -0.1) is 23.2 Å². The van der Waals surface area contributed by atoms with Crippen LogP contribution in [0.1, 0.15) is 27.4 Å². The molecule has 0 bridgehead atoms. The maximum atomic E-state index is 13.0. The smallest absolute Gasteiger partial charge is 0.315 e. The summed E-state index contributed by atoms with van der Waals surface area (Å²) in [6.45, 7) is 1.62. The highest BCUT2D eigenvalue weighted by Gasteiger charge is 2.67. The van der Waals surface area contributed by atoms with Crippen molar-refractivity contribution in [3.8, 4) is 0 Å². The molecule has 1 fully saturated rings. The van der Waals surface area contributed by atoms with Gasteiger partial charge in [0.2, 0.25) is 5.91 Å². The van der Waals surface area contributed by atoms with Crippen molar-refractivity contribution in [2.45, 2.75) is 23.6 Å². The number of hydrogen-bond acceptors (Lipinski definition) is 3. The van der Waals surface area contributed by atoms with Gasteiger partial charge in [-0.3, -0.25) is 14.4 Å². The van der Waals surface area contributed by atoms with Crippen LogP contribution in [0.25, 0.3) is 0 Å². The molecule has 6 nitrogen and oxygen atoms in total. The van der Waals surface area contributed by atoms with E-state index in [1.807, 2.05) is 0 Å². The van der Waals surface area contributed by atoms with E-state index in [-0.39, 0.29) is 22.0 Å². The molecule has 2 unspecified atom stereocenters. The second-order valence-corrected chi connectivity index (χ2v) is 11.4. The van der Waals surface area contributed by atoms with Crippen LogP contribution in [0, 0.1) is 12.8 Å². The lowest BCUT2D eigenvalue weighted by Crippen LogP contribution is -2.20. The predicted octanol–water partition coefficient (Wildman–Crippen LogP) is 7.94. The Morgan fingerprint density at radius 2 is 1.46 bits per heavy atom. The highest BCUT2D eigenvalue weighted by molar-refractivity contribution is 6.53. The van der Waals surface area contributed by atoms with Gasteiger partial charge in [0.1, 0.15) is 4.33 Å². The molecule has 3 N–H and O–H groups in total. The molecule has 13 heteroatoms. The van der Waals surface area contributed by atoms with Crippen molar-refractivity contribution in [2.24, 2.45) is 5.92 Å². The van der Waals surface area contributed by atoms with Crippen molar-refractivity contribution in [1.29, 1.82) is 0 Å². The van der Waals surface area contributed by atoms with Crippen LogP contribution in [0.3, 0.4) is 0 Å². The zero-order valence-corrected chi connectivity index (χ0v) is 23.6. The quantitative estimate of drug-likeness (QED) is 0.231. The number of rotatable bonds is 7. The highest BCUT2D eigenvalue weighted by Crippen LogP contribution is 2.65. The van der Waals surface area contributed by atoms with Crippen LogP contribution in [0.2, 0.25) is 15.1 Å². The lowest BCUT2D eigenvalue weighted by atomic mass is 10.1. The Balaban J connectivity index is 1.47. The normalized spacial score (nSPS) is 17.5. The zero-order valence-electron chi connectivity index (χ0n) is 19.8. The van der Waals surface area contributed by atoms with Crippen molar-refractivity contribution in [1.82, 2.24) is 0 Å². The number of halogens is 7. The van der Waals surface area contributed by atoms with Gasteiger partial charge < -0.3 is 16.0 Å². The first-order valence-corrected chi connectivity index (χ1v) is 13.1. The van der Waals surface area contributed by atoms with Crippen LogP contribution in [0.4, 0.5) is 25.8 Å². The lowest BCUT2D eigenvalue weighted by Gasteiger charge is -2.13. The number of carbonyl (C=O) groups excluding carboxylic acids is 3. The number of amides is 3. The number of benzene rings is 3. The lowest BCUT2D eigenvalue weighted by molar-refractivity contribution is -0.126. The Labute approximate surface area is 246 Å². The Morgan fingerprint density at radius 3 is 2.10 bits per heavy atom. The van der Waals surface area contributed by atoms with E-state index in [1.54, 1.807) is 25.1 Å². The van der Waals surface area contributed by atoms with Crippen molar-refractivity contribution in [2.75, 3.05) is 16.0 Å². The molecule has 1 aliphatic carbocycles. The first-order valence-electron chi connectivity index (χ1n) is 11.2. The third kappa shape index (κ3) is 6.42. The van der Waals surface area contributed by atoms with Crippen LogP contribution < -0.4 is 16.0 Å². The average molecular weight is 636 g/mol. The van der Waals surface area contributed by atoms with Gasteiger partial charge in [-0.1, -0.05) is 40.9 Å². The van der Waals surface area contributed by atoms with Gasteiger partial charge in [0, 0.05) is 23.0 Å². The molecule has 0 aliphatic heterocycles. The van der Waals surface area contributed by atoms with E-state index in [2.05, 4.69) is 16.0 Å². The molecule has 0 spiro atoms. The summed E-state index contributed by atoms with van der Waals surface area (Å²) in [7, 11) is 0. The van der Waals surface area contributed by atoms with Crippen LogP contribution in [-0.4, -0.2) is 28.5 Å². The molecule has 0 aromatic heterocycles. The third-order valence-corrected chi connectivity index (χ3v) is 8.07. The standard InChI is InChI=1S/C26H18Cl5F2N3O3/c1-11-8-13(35-25(39)22(32)33)4-7-19(11)36-23(37)15-10-14(3-6-16(15)27)34-24(38)21-20(26(21,30)31)12-2-5-17(28)18(29)9-12/h2-10,20-22H,1H3,(H,34,38)(H,35,39)(H,36,37). The maximum Gasteiger partial charge on any atom is 0.315 e. The zero-order chi connectivity index (χ0) is 28.6. The van der Waals surface area contributed by atoms with E-state index >= 15 is 0 Å². The van der Waals surface area contributed by atoms with Gasteiger partial charge in [-0.2, -0.15) is 8.78 Å². The van der Waals surface area contributed by atoms with E-state index in [1.165, 1.54) is 36.4 Å². The minimum absolute atomic E-state index is 0.0591. The number of nitrogens with one attached hydrogen (secondary N) is 3. The number of anilines is 3. The second kappa shape index (κ2) is 11.5. The van der Waals surface area contributed by atoms with Gasteiger partial charge in [0.25, 0.3) is 11.8 Å². The van der Waals surface area contributed by atoms with E-state index < -0.39 is 40.3 Å². The summed E-state index contributed by atoms with van der Waals surface area (Å²) in [5.41, 5.74) is 1.99. The fourth-order valence-corrected chi connectivity index (χ4v) is 5.38. The fourth-order valence-electron chi connectivity index (χ4n) is 4.04. The molecular formula is C26H18Cl5F2N3O3. The molecule has 204 valence electrons. The van der Waals surface area contributed by atoms with E-state index in [0.29, 0.717) is 26.9 Å². The Hall–Kier alpha value is -2.62. The molecule has 0 heterocycles. The van der Waals surface area contributed by atoms with Crippen LogP contribution in [0.15, 0.2) is 54.6 Å². The summed E-state index contributed by atoms with van der Waals surface area (Å²) >= 11 is 31.1. The monoisotopic (exact) mass is 633 g/mol. The summed E-state index contributed by atoms with van der Waals surface area (Å²) in [6, 6.07) is 13.5. The van der Waals surface area contributed by atoms with Crippen molar-refractivity contribution < 1.29 is 23.2 Å². The van der Waals surface area contributed by atoms with Gasteiger partial charge in [0.15, 0.2) is 0 Å². The Morgan fingerprint density at radius 1 is 0.821 bits per heavy atom. The van der Waals surface area contributed by atoms with Crippen molar-refractivity contribution in [3.05, 3.63) is 86.4 Å². The van der Waals surface area contributed by atoms with Gasteiger partial charge in [-0.25, -0.2) is 0 Å². The number of hydrogen-bond donors (Lipinski definition) is 3. The number of carbonyl (C=O) groups is 3. The Kier molecular flexibility index (Phi) is 8.64. The van der Waals surface area contributed by atoms with Crippen LogP contribution in [-0.2, 0) is 9.59 Å². The molecule has 1 aliphatic rings.